The van der Waals surface area contributed by atoms with E-state index in [0.717, 1.165) is 16.9 Å². The molecular weight excluding hydrogens is 354 g/mol. The quantitative estimate of drug-likeness (QED) is 0.644. The lowest BCUT2D eigenvalue weighted by atomic mass is 10.2. The van der Waals surface area contributed by atoms with Crippen molar-refractivity contribution in [2.75, 3.05) is 24.9 Å². The van der Waals surface area contributed by atoms with Gasteiger partial charge in [0.25, 0.3) is 0 Å². The Kier molecular flexibility index (Phi) is 5.92. The Hall–Kier alpha value is -3.79. The zero-order valence-electron chi connectivity index (χ0n) is 16.0. The second-order valence-electron chi connectivity index (χ2n) is 6.08. The molecule has 3 aromatic rings. The Morgan fingerprint density at radius 3 is 2.39 bits per heavy atom. The molecule has 0 aliphatic rings. The molecule has 0 unspecified atom stereocenters. The molecule has 0 spiro atoms. The van der Waals surface area contributed by atoms with Crippen LogP contribution in [0.3, 0.4) is 0 Å². The summed E-state index contributed by atoms with van der Waals surface area (Å²) >= 11 is 0. The van der Waals surface area contributed by atoms with Crippen LogP contribution in [-0.4, -0.2) is 24.2 Å². The first-order chi connectivity index (χ1) is 13.6. The van der Waals surface area contributed by atoms with Gasteiger partial charge in [0, 0.05) is 24.0 Å². The number of nitrogens with one attached hydrogen (secondary N) is 2. The molecule has 3 rings (SSSR count). The molecule has 0 amide bonds. The maximum absolute atomic E-state index is 8.89. The number of ether oxygens (including phenoxy) is 2. The van der Waals surface area contributed by atoms with Gasteiger partial charge in [-0.3, -0.25) is 0 Å². The van der Waals surface area contributed by atoms with Gasteiger partial charge < -0.3 is 20.1 Å². The van der Waals surface area contributed by atoms with E-state index in [2.05, 4.69) is 26.7 Å². The highest BCUT2D eigenvalue weighted by Gasteiger charge is 2.06. The van der Waals surface area contributed by atoms with Gasteiger partial charge in [0.1, 0.15) is 5.82 Å². The van der Waals surface area contributed by atoms with Crippen LogP contribution in [0.25, 0.3) is 0 Å². The van der Waals surface area contributed by atoms with Crippen molar-refractivity contribution in [3.63, 3.8) is 0 Å². The molecule has 7 nitrogen and oxygen atoms in total. The first kappa shape index (κ1) is 19.0. The standard InChI is InChI=1S/C21H21N5O2/c1-14-10-20(23-13-16-6-9-18(27-2)19(11-16)28-3)26-21(24-14)25-17-7-4-15(12-22)5-8-17/h4-11H,13H2,1-3H3,(H2,23,24,25,26). The number of hydrogen-bond donors (Lipinski definition) is 2. The summed E-state index contributed by atoms with van der Waals surface area (Å²) in [6.07, 6.45) is 0. The number of hydrogen-bond acceptors (Lipinski definition) is 7. The minimum absolute atomic E-state index is 0.486. The van der Waals surface area contributed by atoms with Gasteiger partial charge >= 0.3 is 0 Å². The number of rotatable bonds is 7. The fourth-order valence-electron chi connectivity index (χ4n) is 2.66. The predicted molar refractivity (Wildman–Crippen MR) is 108 cm³/mol. The van der Waals surface area contributed by atoms with Gasteiger partial charge in [-0.2, -0.15) is 10.2 Å². The van der Waals surface area contributed by atoms with E-state index in [1.807, 2.05) is 43.3 Å². The van der Waals surface area contributed by atoms with Crippen LogP contribution in [0.15, 0.2) is 48.5 Å². The normalized spacial score (nSPS) is 10.1. The van der Waals surface area contributed by atoms with Crippen LogP contribution in [-0.2, 0) is 6.54 Å². The SMILES string of the molecule is COc1ccc(CNc2cc(C)nc(Nc3ccc(C#N)cc3)n2)cc1OC. The van der Waals surface area contributed by atoms with Crippen molar-refractivity contribution in [2.45, 2.75) is 13.5 Å². The molecule has 0 fully saturated rings. The van der Waals surface area contributed by atoms with Crippen LogP contribution in [0.5, 0.6) is 11.5 Å². The van der Waals surface area contributed by atoms with Crippen LogP contribution >= 0.6 is 0 Å². The van der Waals surface area contributed by atoms with E-state index >= 15 is 0 Å². The van der Waals surface area contributed by atoms with Crippen molar-refractivity contribution < 1.29 is 9.47 Å². The number of aryl methyl sites for hydroxylation is 1. The Labute approximate surface area is 164 Å². The van der Waals surface area contributed by atoms with Gasteiger partial charge in [-0.25, -0.2) is 4.98 Å². The highest BCUT2D eigenvalue weighted by Crippen LogP contribution is 2.28. The van der Waals surface area contributed by atoms with E-state index in [9.17, 15) is 0 Å². The van der Waals surface area contributed by atoms with Crippen LogP contribution in [0, 0.1) is 18.3 Å². The van der Waals surface area contributed by atoms with Gasteiger partial charge in [-0.15, -0.1) is 0 Å². The third kappa shape index (κ3) is 4.68. The molecule has 0 atom stereocenters. The Bertz CT molecular complexity index is 997. The monoisotopic (exact) mass is 375 g/mol. The predicted octanol–water partition coefficient (Wildman–Crippen LogP) is 4.03. The Morgan fingerprint density at radius 1 is 0.964 bits per heavy atom. The van der Waals surface area contributed by atoms with E-state index in [-0.39, 0.29) is 0 Å². The molecule has 142 valence electrons. The number of nitrogens with zero attached hydrogens (tertiary/aromatic N) is 3. The highest BCUT2D eigenvalue weighted by atomic mass is 16.5. The lowest BCUT2D eigenvalue weighted by molar-refractivity contribution is 0.354. The van der Waals surface area contributed by atoms with Gasteiger partial charge in [-0.05, 0) is 48.9 Å². The number of benzene rings is 2. The first-order valence-corrected chi connectivity index (χ1v) is 8.69. The molecule has 28 heavy (non-hydrogen) atoms. The van der Waals surface area contributed by atoms with Crippen molar-refractivity contribution in [3.05, 3.63) is 65.4 Å². The molecule has 2 aromatic carbocycles. The highest BCUT2D eigenvalue weighted by molar-refractivity contribution is 5.56. The first-order valence-electron chi connectivity index (χ1n) is 8.69. The molecule has 0 aliphatic heterocycles. The van der Waals surface area contributed by atoms with Crippen molar-refractivity contribution in [2.24, 2.45) is 0 Å². The summed E-state index contributed by atoms with van der Waals surface area (Å²) in [6.45, 7) is 2.49. The minimum Gasteiger partial charge on any atom is -0.493 e. The molecule has 0 radical (unpaired) electrons. The summed E-state index contributed by atoms with van der Waals surface area (Å²) in [6, 6.07) is 16.9. The van der Waals surface area contributed by atoms with Gasteiger partial charge in [0.15, 0.2) is 11.5 Å². The largest absolute Gasteiger partial charge is 0.493 e. The summed E-state index contributed by atoms with van der Waals surface area (Å²) in [5.41, 5.74) is 3.29. The number of anilines is 3. The molecule has 0 saturated carbocycles. The summed E-state index contributed by atoms with van der Waals surface area (Å²) in [4.78, 5) is 8.92. The molecule has 1 aromatic heterocycles. The van der Waals surface area contributed by atoms with Crippen molar-refractivity contribution >= 4 is 17.5 Å². The van der Waals surface area contributed by atoms with E-state index < -0.39 is 0 Å². The van der Waals surface area contributed by atoms with E-state index in [1.54, 1.807) is 26.4 Å². The maximum Gasteiger partial charge on any atom is 0.229 e. The van der Waals surface area contributed by atoms with Gasteiger partial charge in [-0.1, -0.05) is 6.07 Å². The molecule has 7 heteroatoms. The lowest BCUT2D eigenvalue weighted by Gasteiger charge is -2.12. The van der Waals surface area contributed by atoms with Crippen LogP contribution in [0.2, 0.25) is 0 Å². The van der Waals surface area contributed by atoms with E-state index in [0.29, 0.717) is 35.4 Å². The van der Waals surface area contributed by atoms with Crippen molar-refractivity contribution in [1.29, 1.82) is 5.26 Å². The summed E-state index contributed by atoms with van der Waals surface area (Å²) in [7, 11) is 3.23. The summed E-state index contributed by atoms with van der Waals surface area (Å²) in [5.74, 6) is 2.57. The Morgan fingerprint density at radius 2 is 1.71 bits per heavy atom. The molecule has 0 bridgehead atoms. The summed E-state index contributed by atoms with van der Waals surface area (Å²) < 4.78 is 10.6. The van der Waals surface area contributed by atoms with Crippen molar-refractivity contribution in [1.82, 2.24) is 9.97 Å². The van der Waals surface area contributed by atoms with Gasteiger partial charge in [0.2, 0.25) is 5.95 Å². The maximum atomic E-state index is 8.89. The number of aromatic nitrogens is 2. The van der Waals surface area contributed by atoms with Crippen LogP contribution < -0.4 is 20.1 Å². The fourth-order valence-corrected chi connectivity index (χ4v) is 2.66. The van der Waals surface area contributed by atoms with Crippen molar-refractivity contribution in [3.8, 4) is 17.6 Å². The van der Waals surface area contributed by atoms with Crippen LogP contribution in [0.1, 0.15) is 16.8 Å². The lowest BCUT2D eigenvalue weighted by Crippen LogP contribution is -2.06. The average molecular weight is 375 g/mol. The molecule has 1 heterocycles. The minimum atomic E-state index is 0.486. The Balaban J connectivity index is 1.71. The average Bonchev–Trinajstić information content (AvgIpc) is 2.72. The zero-order valence-corrected chi connectivity index (χ0v) is 16.0. The fraction of sp³-hybridized carbons (Fsp3) is 0.190. The molecule has 2 N–H and O–H groups in total. The topological polar surface area (TPSA) is 92.1 Å². The second-order valence-corrected chi connectivity index (χ2v) is 6.08. The zero-order chi connectivity index (χ0) is 19.9. The summed E-state index contributed by atoms with van der Waals surface area (Å²) in [5, 5.41) is 15.4. The molecular formula is C21H21N5O2. The third-order valence-electron chi connectivity index (χ3n) is 4.05. The van der Waals surface area contributed by atoms with E-state index in [1.165, 1.54) is 0 Å². The van der Waals surface area contributed by atoms with Crippen LogP contribution in [0.4, 0.5) is 17.5 Å². The van der Waals surface area contributed by atoms with Gasteiger partial charge in [0.05, 0.1) is 25.9 Å². The van der Waals surface area contributed by atoms with E-state index in [4.69, 9.17) is 14.7 Å². The molecule has 0 aliphatic carbocycles. The number of methoxy groups -OCH3 is 2. The smallest absolute Gasteiger partial charge is 0.229 e. The third-order valence-corrected chi connectivity index (χ3v) is 4.05. The molecule has 0 saturated heterocycles. The second kappa shape index (κ2) is 8.73. The number of nitriles is 1.